The lowest BCUT2D eigenvalue weighted by Gasteiger charge is -2.25. The van der Waals surface area contributed by atoms with E-state index in [-0.39, 0.29) is 28.8 Å². The molecule has 2 N–H and O–H groups in total. The summed E-state index contributed by atoms with van der Waals surface area (Å²) in [5.41, 5.74) is 1.12. The molecule has 1 heterocycles. The summed E-state index contributed by atoms with van der Waals surface area (Å²) < 4.78 is 19.2. The molecule has 0 radical (unpaired) electrons. The molecule has 0 saturated carbocycles. The Balaban J connectivity index is 1.39. The summed E-state index contributed by atoms with van der Waals surface area (Å²) in [5, 5.41) is 5.14. The zero-order valence-electron chi connectivity index (χ0n) is 18.6. The molecule has 9 heteroatoms. The van der Waals surface area contributed by atoms with Gasteiger partial charge >= 0.3 is 0 Å². The van der Waals surface area contributed by atoms with Crippen LogP contribution in [0, 0.1) is 5.82 Å². The molecule has 0 aliphatic carbocycles. The molecule has 1 saturated heterocycles. The lowest BCUT2D eigenvalue weighted by molar-refractivity contribution is -0.129. The van der Waals surface area contributed by atoms with Crippen LogP contribution in [0.5, 0.6) is 5.75 Å². The Hall–Kier alpha value is -4.53. The molecule has 4 amide bonds. The van der Waals surface area contributed by atoms with Gasteiger partial charge in [0.05, 0.1) is 16.9 Å². The number of nitrogens with one attached hydrogen (secondary N) is 2. The van der Waals surface area contributed by atoms with Gasteiger partial charge in [-0.25, -0.2) is 4.39 Å². The van der Waals surface area contributed by atoms with Crippen molar-refractivity contribution in [3.8, 4) is 5.75 Å². The highest BCUT2D eigenvalue weighted by molar-refractivity contribution is 6.16. The maximum atomic E-state index is 13.7. The number of imide groups is 1. The van der Waals surface area contributed by atoms with Crippen molar-refractivity contribution >= 4 is 40.7 Å². The van der Waals surface area contributed by atoms with Crippen LogP contribution in [0.3, 0.4) is 0 Å². The monoisotopic (exact) mass is 475 g/mol. The Kier molecular flexibility index (Phi) is 7.15. The minimum Gasteiger partial charge on any atom is -0.483 e. The first kappa shape index (κ1) is 23.6. The molecule has 178 valence electrons. The van der Waals surface area contributed by atoms with Crippen molar-refractivity contribution in [2.75, 3.05) is 22.1 Å². The fourth-order valence-electron chi connectivity index (χ4n) is 3.61. The number of piperidine rings is 1. The average molecular weight is 475 g/mol. The molecule has 1 aliphatic rings. The van der Waals surface area contributed by atoms with Crippen LogP contribution in [0.25, 0.3) is 0 Å². The van der Waals surface area contributed by atoms with Gasteiger partial charge in [0, 0.05) is 18.5 Å². The molecule has 3 aromatic carbocycles. The summed E-state index contributed by atoms with van der Waals surface area (Å²) in [4.78, 5) is 50.4. The van der Waals surface area contributed by atoms with E-state index in [4.69, 9.17) is 4.74 Å². The van der Waals surface area contributed by atoms with Gasteiger partial charge in [0.2, 0.25) is 11.8 Å². The molecule has 35 heavy (non-hydrogen) atoms. The Bertz CT molecular complexity index is 1260. The van der Waals surface area contributed by atoms with Gasteiger partial charge < -0.3 is 15.4 Å². The number of benzene rings is 3. The van der Waals surface area contributed by atoms with E-state index < -0.39 is 24.2 Å². The topological polar surface area (TPSA) is 105 Å². The van der Waals surface area contributed by atoms with Crippen molar-refractivity contribution in [3.05, 3.63) is 84.2 Å². The number of ether oxygens (including phenoxy) is 1. The maximum Gasteiger partial charge on any atom is 0.262 e. The van der Waals surface area contributed by atoms with Crippen LogP contribution in [0.4, 0.5) is 21.5 Å². The Morgan fingerprint density at radius 3 is 2.23 bits per heavy atom. The number of carbonyl (C=O) groups is 4. The van der Waals surface area contributed by atoms with Gasteiger partial charge in [0.1, 0.15) is 11.6 Å². The third-order valence-electron chi connectivity index (χ3n) is 5.30. The zero-order valence-corrected chi connectivity index (χ0v) is 18.6. The average Bonchev–Trinajstić information content (AvgIpc) is 2.85. The quantitative estimate of drug-likeness (QED) is 0.500. The third-order valence-corrected chi connectivity index (χ3v) is 5.30. The number of hydrogen-bond acceptors (Lipinski definition) is 5. The van der Waals surface area contributed by atoms with Crippen molar-refractivity contribution in [2.45, 2.75) is 19.3 Å². The summed E-state index contributed by atoms with van der Waals surface area (Å²) in [5.74, 6) is -1.95. The lowest BCUT2D eigenvalue weighted by Crippen LogP contribution is -2.40. The molecule has 0 aromatic heterocycles. The number of para-hydroxylation sites is 2. The lowest BCUT2D eigenvalue weighted by atomic mass is 10.1. The van der Waals surface area contributed by atoms with E-state index in [0.29, 0.717) is 30.6 Å². The second-order valence-electron chi connectivity index (χ2n) is 7.79. The molecule has 4 rings (SSSR count). The van der Waals surface area contributed by atoms with Crippen molar-refractivity contribution in [1.29, 1.82) is 0 Å². The van der Waals surface area contributed by atoms with Gasteiger partial charge in [0.25, 0.3) is 11.8 Å². The smallest absolute Gasteiger partial charge is 0.262 e. The fraction of sp³-hybridized carbons (Fsp3) is 0.154. The maximum absolute atomic E-state index is 13.7. The van der Waals surface area contributed by atoms with Gasteiger partial charge in [0.15, 0.2) is 6.61 Å². The highest BCUT2D eigenvalue weighted by atomic mass is 19.1. The SMILES string of the molecule is O=C(COc1ccccc1C(=O)Nc1ccc(N2C(=O)CCCC2=O)cc1)Nc1ccccc1F. The van der Waals surface area contributed by atoms with Gasteiger partial charge in [-0.15, -0.1) is 0 Å². The van der Waals surface area contributed by atoms with E-state index >= 15 is 0 Å². The molecular weight excluding hydrogens is 453 g/mol. The first-order valence-electron chi connectivity index (χ1n) is 11.0. The van der Waals surface area contributed by atoms with E-state index in [0.717, 1.165) is 4.90 Å². The third kappa shape index (κ3) is 5.70. The van der Waals surface area contributed by atoms with Crippen LogP contribution < -0.4 is 20.3 Å². The summed E-state index contributed by atoms with van der Waals surface area (Å²) in [6, 6.07) is 18.5. The summed E-state index contributed by atoms with van der Waals surface area (Å²) in [6.07, 6.45) is 1.19. The molecule has 0 bridgehead atoms. The number of anilines is 3. The van der Waals surface area contributed by atoms with E-state index in [9.17, 15) is 23.6 Å². The van der Waals surface area contributed by atoms with Crippen LogP contribution in [0.15, 0.2) is 72.8 Å². The first-order valence-corrected chi connectivity index (χ1v) is 11.0. The highest BCUT2D eigenvalue weighted by Gasteiger charge is 2.27. The van der Waals surface area contributed by atoms with Gasteiger partial charge in [-0.3, -0.25) is 24.1 Å². The molecular formula is C26H22FN3O5. The second-order valence-corrected chi connectivity index (χ2v) is 7.79. The van der Waals surface area contributed by atoms with Gasteiger partial charge in [-0.05, 0) is 55.0 Å². The molecule has 0 spiro atoms. The molecule has 1 aliphatic heterocycles. The van der Waals surface area contributed by atoms with E-state index in [1.165, 1.54) is 18.2 Å². The Morgan fingerprint density at radius 1 is 0.857 bits per heavy atom. The van der Waals surface area contributed by atoms with E-state index in [1.807, 2.05) is 0 Å². The van der Waals surface area contributed by atoms with Crippen LogP contribution in [0.2, 0.25) is 0 Å². The fourth-order valence-corrected chi connectivity index (χ4v) is 3.61. The van der Waals surface area contributed by atoms with Crippen molar-refractivity contribution < 1.29 is 28.3 Å². The molecule has 3 aromatic rings. The van der Waals surface area contributed by atoms with Crippen molar-refractivity contribution in [3.63, 3.8) is 0 Å². The summed E-state index contributed by atoms with van der Waals surface area (Å²) in [6.45, 7) is -0.425. The standard InChI is InChI=1S/C26H22FN3O5/c27-20-7-2-3-8-21(20)29-23(31)16-35-22-9-4-1-6-19(22)26(34)28-17-12-14-18(15-13-17)30-24(32)10-5-11-25(30)33/h1-4,6-9,12-15H,5,10-11,16H2,(H,28,34)(H,29,31). The number of rotatable bonds is 7. The Labute approximate surface area is 200 Å². The number of hydrogen-bond donors (Lipinski definition) is 2. The number of nitrogens with zero attached hydrogens (tertiary/aromatic N) is 1. The predicted octanol–water partition coefficient (Wildman–Crippen LogP) is 4.14. The van der Waals surface area contributed by atoms with E-state index in [2.05, 4.69) is 10.6 Å². The predicted molar refractivity (Wildman–Crippen MR) is 128 cm³/mol. The highest BCUT2D eigenvalue weighted by Crippen LogP contribution is 2.25. The largest absolute Gasteiger partial charge is 0.483 e. The number of halogens is 1. The summed E-state index contributed by atoms with van der Waals surface area (Å²) in [7, 11) is 0. The van der Waals surface area contributed by atoms with Gasteiger partial charge in [-0.1, -0.05) is 24.3 Å². The van der Waals surface area contributed by atoms with Crippen LogP contribution in [-0.2, 0) is 14.4 Å². The van der Waals surface area contributed by atoms with Crippen molar-refractivity contribution in [2.24, 2.45) is 0 Å². The molecule has 0 atom stereocenters. The van der Waals surface area contributed by atoms with Crippen molar-refractivity contribution in [1.82, 2.24) is 0 Å². The minimum atomic E-state index is -0.581. The molecule has 8 nitrogen and oxygen atoms in total. The van der Waals surface area contributed by atoms with Crippen LogP contribution >= 0.6 is 0 Å². The zero-order chi connectivity index (χ0) is 24.8. The molecule has 1 fully saturated rings. The van der Waals surface area contributed by atoms with Crippen LogP contribution in [-0.4, -0.2) is 30.2 Å². The number of carbonyl (C=O) groups excluding carboxylic acids is 4. The molecule has 0 unspecified atom stereocenters. The second kappa shape index (κ2) is 10.6. The summed E-state index contributed by atoms with van der Waals surface area (Å²) >= 11 is 0. The first-order chi connectivity index (χ1) is 16.9. The number of amides is 4. The van der Waals surface area contributed by atoms with Gasteiger partial charge in [-0.2, -0.15) is 0 Å². The Morgan fingerprint density at radius 2 is 1.51 bits per heavy atom. The minimum absolute atomic E-state index is 0.0310. The normalized spacial score (nSPS) is 13.3. The van der Waals surface area contributed by atoms with Crippen LogP contribution in [0.1, 0.15) is 29.6 Å². The van der Waals surface area contributed by atoms with E-state index in [1.54, 1.807) is 54.6 Å².